The van der Waals surface area contributed by atoms with Crippen molar-refractivity contribution in [2.45, 2.75) is 20.8 Å². The van der Waals surface area contributed by atoms with Gasteiger partial charge in [0, 0.05) is 25.0 Å². The predicted molar refractivity (Wildman–Crippen MR) is 81.6 cm³/mol. The molecule has 21 heavy (non-hydrogen) atoms. The largest absolute Gasteiger partial charge is 0.473 e. The summed E-state index contributed by atoms with van der Waals surface area (Å²) in [5.74, 6) is 0.516. The number of carbonyl (C=O) groups excluding carboxylic acids is 2. The molecule has 0 fully saturated rings. The van der Waals surface area contributed by atoms with Gasteiger partial charge in [-0.25, -0.2) is 4.79 Å². The number of ether oxygens (including phenoxy) is 1. The van der Waals surface area contributed by atoms with E-state index in [0.717, 1.165) is 11.1 Å². The molecule has 0 bridgehead atoms. The summed E-state index contributed by atoms with van der Waals surface area (Å²) in [7, 11) is 0. The molecule has 0 aliphatic heterocycles. The lowest BCUT2D eigenvalue weighted by Crippen LogP contribution is -2.41. The van der Waals surface area contributed by atoms with Crippen molar-refractivity contribution in [1.82, 2.24) is 16.0 Å². The highest BCUT2D eigenvalue weighted by Gasteiger charge is 2.04. The summed E-state index contributed by atoms with van der Waals surface area (Å²) in [4.78, 5) is 22.1. The Labute approximate surface area is 129 Å². The molecule has 0 unspecified atom stereocenters. The van der Waals surface area contributed by atoms with E-state index in [2.05, 4.69) is 16.0 Å². The summed E-state index contributed by atoms with van der Waals surface area (Å²) in [6, 6.07) is 3.26. The van der Waals surface area contributed by atoms with Crippen LogP contribution in [-0.4, -0.2) is 31.8 Å². The van der Waals surface area contributed by atoms with Gasteiger partial charge in [0.15, 0.2) is 6.73 Å². The van der Waals surface area contributed by atoms with Crippen molar-refractivity contribution in [3.05, 3.63) is 28.3 Å². The molecule has 116 valence electrons. The van der Waals surface area contributed by atoms with E-state index in [1.165, 1.54) is 6.92 Å². The average molecular weight is 314 g/mol. The molecule has 6 nitrogen and oxygen atoms in total. The third-order valence-corrected chi connectivity index (χ3v) is 3.26. The Kier molecular flexibility index (Phi) is 6.81. The van der Waals surface area contributed by atoms with Gasteiger partial charge in [0.05, 0.1) is 0 Å². The molecule has 0 spiro atoms. The molecular formula is C14H20ClN3O3. The average Bonchev–Trinajstić information content (AvgIpc) is 2.40. The molecular weight excluding hydrogens is 294 g/mol. The number of urea groups is 1. The molecule has 1 aromatic carbocycles. The van der Waals surface area contributed by atoms with Crippen molar-refractivity contribution in [2.24, 2.45) is 0 Å². The van der Waals surface area contributed by atoms with E-state index in [-0.39, 0.29) is 18.7 Å². The second-order valence-electron chi connectivity index (χ2n) is 4.58. The first kappa shape index (κ1) is 17.1. The number of halogens is 1. The fraction of sp³-hybridized carbons (Fsp3) is 0.429. The second-order valence-corrected chi connectivity index (χ2v) is 4.95. The van der Waals surface area contributed by atoms with Crippen LogP contribution in [0, 0.1) is 13.8 Å². The number of amides is 3. The SMILES string of the molecule is CC(=O)NCCNC(=O)NCOc1cc(C)c(Cl)c(C)c1. The summed E-state index contributed by atoms with van der Waals surface area (Å²) in [6.07, 6.45) is 0. The number of carbonyl (C=O) groups is 2. The van der Waals surface area contributed by atoms with Crippen LogP contribution in [0.15, 0.2) is 12.1 Å². The van der Waals surface area contributed by atoms with Crippen LogP contribution < -0.4 is 20.7 Å². The minimum Gasteiger partial charge on any atom is -0.473 e. The van der Waals surface area contributed by atoms with Gasteiger partial charge in [0.25, 0.3) is 0 Å². The summed E-state index contributed by atoms with van der Waals surface area (Å²) in [6.45, 7) is 5.99. The van der Waals surface area contributed by atoms with Crippen LogP contribution >= 0.6 is 11.6 Å². The fourth-order valence-corrected chi connectivity index (χ4v) is 1.76. The highest BCUT2D eigenvalue weighted by molar-refractivity contribution is 6.32. The van der Waals surface area contributed by atoms with Crippen LogP contribution in [0.1, 0.15) is 18.1 Å². The predicted octanol–water partition coefficient (Wildman–Crippen LogP) is 1.73. The van der Waals surface area contributed by atoms with E-state index in [9.17, 15) is 9.59 Å². The molecule has 7 heteroatoms. The van der Waals surface area contributed by atoms with Gasteiger partial charge in [-0.1, -0.05) is 11.6 Å². The van der Waals surface area contributed by atoms with Gasteiger partial charge >= 0.3 is 6.03 Å². The number of aryl methyl sites for hydroxylation is 2. The number of hydrogen-bond donors (Lipinski definition) is 3. The maximum absolute atomic E-state index is 11.4. The van der Waals surface area contributed by atoms with Gasteiger partial charge in [0.2, 0.25) is 5.91 Å². The van der Waals surface area contributed by atoms with E-state index in [1.807, 2.05) is 26.0 Å². The van der Waals surface area contributed by atoms with E-state index in [1.54, 1.807) is 0 Å². The Balaban J connectivity index is 2.27. The smallest absolute Gasteiger partial charge is 0.317 e. The zero-order valence-corrected chi connectivity index (χ0v) is 13.1. The van der Waals surface area contributed by atoms with Gasteiger partial charge in [-0.2, -0.15) is 0 Å². The van der Waals surface area contributed by atoms with Gasteiger partial charge < -0.3 is 20.7 Å². The van der Waals surface area contributed by atoms with Crippen molar-refractivity contribution in [2.75, 3.05) is 19.8 Å². The van der Waals surface area contributed by atoms with Crippen molar-refractivity contribution < 1.29 is 14.3 Å². The van der Waals surface area contributed by atoms with Crippen molar-refractivity contribution in [3.63, 3.8) is 0 Å². The molecule has 3 amide bonds. The first-order chi connectivity index (χ1) is 9.90. The topological polar surface area (TPSA) is 79.5 Å². The molecule has 0 saturated carbocycles. The van der Waals surface area contributed by atoms with Crippen LogP contribution in [0.2, 0.25) is 5.02 Å². The minimum absolute atomic E-state index is 0.0481. The monoisotopic (exact) mass is 313 g/mol. The minimum atomic E-state index is -0.359. The number of benzene rings is 1. The van der Waals surface area contributed by atoms with Crippen LogP contribution in [0.3, 0.4) is 0 Å². The van der Waals surface area contributed by atoms with Crippen molar-refractivity contribution in [1.29, 1.82) is 0 Å². The first-order valence-electron chi connectivity index (χ1n) is 6.56. The molecule has 3 N–H and O–H groups in total. The molecule has 0 aliphatic carbocycles. The number of nitrogens with one attached hydrogen (secondary N) is 3. The van der Waals surface area contributed by atoms with E-state index < -0.39 is 0 Å². The van der Waals surface area contributed by atoms with Crippen LogP contribution in [0.25, 0.3) is 0 Å². The Bertz CT molecular complexity index is 497. The number of rotatable bonds is 6. The van der Waals surface area contributed by atoms with Crippen LogP contribution in [0.5, 0.6) is 5.75 Å². The van der Waals surface area contributed by atoms with Gasteiger partial charge in [-0.05, 0) is 37.1 Å². The molecule has 0 atom stereocenters. The molecule has 0 aromatic heterocycles. The first-order valence-corrected chi connectivity index (χ1v) is 6.93. The van der Waals surface area contributed by atoms with Gasteiger partial charge in [0.1, 0.15) is 5.75 Å². The maximum Gasteiger partial charge on any atom is 0.317 e. The van der Waals surface area contributed by atoms with Gasteiger partial charge in [-0.15, -0.1) is 0 Å². The van der Waals surface area contributed by atoms with E-state index in [4.69, 9.17) is 16.3 Å². The Morgan fingerprint density at radius 2 is 1.67 bits per heavy atom. The summed E-state index contributed by atoms with van der Waals surface area (Å²) in [5.41, 5.74) is 1.85. The van der Waals surface area contributed by atoms with Crippen molar-refractivity contribution >= 4 is 23.5 Å². The molecule has 0 aliphatic rings. The lowest BCUT2D eigenvalue weighted by atomic mass is 10.1. The second kappa shape index (κ2) is 8.36. The standard InChI is InChI=1S/C14H20ClN3O3/c1-9-6-12(7-10(2)13(9)15)21-8-18-14(20)17-5-4-16-11(3)19/h6-7H,4-5,8H2,1-3H3,(H,16,19)(H2,17,18,20). The summed E-state index contributed by atoms with van der Waals surface area (Å²) in [5, 5.41) is 8.43. The highest BCUT2D eigenvalue weighted by Crippen LogP contribution is 2.25. The van der Waals surface area contributed by atoms with E-state index in [0.29, 0.717) is 23.9 Å². The molecule has 0 saturated heterocycles. The molecule has 0 heterocycles. The third-order valence-electron chi connectivity index (χ3n) is 2.67. The number of hydrogen-bond acceptors (Lipinski definition) is 3. The third kappa shape index (κ3) is 6.35. The molecule has 1 rings (SSSR count). The summed E-state index contributed by atoms with van der Waals surface area (Å²) < 4.78 is 5.44. The maximum atomic E-state index is 11.4. The molecule has 0 radical (unpaired) electrons. The lowest BCUT2D eigenvalue weighted by Gasteiger charge is -2.11. The zero-order valence-electron chi connectivity index (χ0n) is 12.4. The Morgan fingerprint density at radius 3 is 2.24 bits per heavy atom. The zero-order chi connectivity index (χ0) is 15.8. The van der Waals surface area contributed by atoms with Crippen molar-refractivity contribution in [3.8, 4) is 5.75 Å². The Hall–Kier alpha value is -1.95. The van der Waals surface area contributed by atoms with Gasteiger partial charge in [-0.3, -0.25) is 4.79 Å². The Morgan fingerprint density at radius 1 is 1.10 bits per heavy atom. The summed E-state index contributed by atoms with van der Waals surface area (Å²) >= 11 is 6.06. The van der Waals surface area contributed by atoms with Crippen LogP contribution in [-0.2, 0) is 4.79 Å². The molecule has 1 aromatic rings. The lowest BCUT2D eigenvalue weighted by molar-refractivity contribution is -0.118. The van der Waals surface area contributed by atoms with Crippen LogP contribution in [0.4, 0.5) is 4.79 Å². The fourth-order valence-electron chi connectivity index (χ4n) is 1.65. The highest BCUT2D eigenvalue weighted by atomic mass is 35.5. The normalized spacial score (nSPS) is 9.90. The van der Waals surface area contributed by atoms with E-state index >= 15 is 0 Å². The quantitative estimate of drug-likeness (QED) is 0.553.